The lowest BCUT2D eigenvalue weighted by atomic mass is 10.1. The molecule has 0 N–H and O–H groups in total. The molecule has 0 saturated carbocycles. The molecule has 0 saturated heterocycles. The fraction of sp³-hybridized carbons (Fsp3) is 0.484. The number of nitriles is 1. The van der Waals surface area contributed by atoms with E-state index in [2.05, 4.69) is 39.3 Å². The van der Waals surface area contributed by atoms with Crippen LogP contribution in [0.4, 0.5) is 11.6 Å². The first-order valence-electron chi connectivity index (χ1n) is 13.9. The van der Waals surface area contributed by atoms with Gasteiger partial charge in [0, 0.05) is 44.5 Å². The van der Waals surface area contributed by atoms with Gasteiger partial charge in [-0.25, -0.2) is 0 Å². The van der Waals surface area contributed by atoms with Crippen LogP contribution >= 0.6 is 0 Å². The molecule has 41 heavy (non-hydrogen) atoms. The smallest absolute Gasteiger partial charge is 0.307 e. The highest BCUT2D eigenvalue weighted by Gasteiger charge is 2.26. The van der Waals surface area contributed by atoms with E-state index in [4.69, 9.17) is 18.7 Å². The summed E-state index contributed by atoms with van der Waals surface area (Å²) in [4.78, 5) is 21.1. The summed E-state index contributed by atoms with van der Waals surface area (Å²) in [6.07, 6.45) is 1.14. The zero-order valence-electron chi connectivity index (χ0n) is 24.8. The summed E-state index contributed by atoms with van der Waals surface area (Å²) < 4.78 is 22.1. The fourth-order valence-corrected chi connectivity index (χ4v) is 4.70. The van der Waals surface area contributed by atoms with Gasteiger partial charge in [-0.15, -0.1) is 0 Å². The van der Waals surface area contributed by atoms with E-state index >= 15 is 0 Å². The van der Waals surface area contributed by atoms with Crippen LogP contribution in [0.25, 0.3) is 11.5 Å². The topological polar surface area (TPSA) is 114 Å². The van der Waals surface area contributed by atoms with Crippen LogP contribution in [-0.2, 0) is 27.2 Å². The Morgan fingerprint density at radius 2 is 2.00 bits per heavy atom. The quantitative estimate of drug-likeness (QED) is 0.271. The molecule has 10 heteroatoms. The molecule has 2 heterocycles. The molecule has 0 bridgehead atoms. The van der Waals surface area contributed by atoms with Crippen molar-refractivity contribution in [1.82, 2.24) is 15.0 Å². The second-order valence-corrected chi connectivity index (χ2v) is 11.4. The molecular weight excluding hydrogens is 522 g/mol. The van der Waals surface area contributed by atoms with Crippen LogP contribution in [0.2, 0.25) is 0 Å². The number of rotatable bonds is 12. The van der Waals surface area contributed by atoms with Crippen LogP contribution < -0.4 is 9.64 Å². The van der Waals surface area contributed by atoms with Crippen molar-refractivity contribution in [3.05, 3.63) is 53.1 Å². The number of hydrogen-bond acceptors (Lipinski definition) is 10. The molecule has 1 aliphatic rings. The van der Waals surface area contributed by atoms with Gasteiger partial charge in [-0.3, -0.25) is 9.69 Å². The number of esters is 1. The molecule has 0 atom stereocenters. The Labute approximate surface area is 241 Å². The van der Waals surface area contributed by atoms with Crippen LogP contribution in [0, 0.1) is 11.3 Å². The van der Waals surface area contributed by atoms with Crippen LogP contribution in [0.15, 0.2) is 40.9 Å². The predicted molar refractivity (Wildman–Crippen MR) is 155 cm³/mol. The van der Waals surface area contributed by atoms with E-state index in [1.54, 1.807) is 19.2 Å². The maximum Gasteiger partial charge on any atom is 0.307 e. The number of fused-ring (bicyclic) bond motifs is 1. The number of hydrogen-bond donors (Lipinski definition) is 0. The standard InChI is InChI=1S/C31H39N5O5/c1-21(2)39-27-10-8-24(18-25(27)19-32)29-33-30(34-41-29)36-14-11-23-17-22(7-9-26(23)36)20-35(15-16-38-6)13-12-28(37)40-31(3,4)5/h7-10,17-18,21H,11-16,20H2,1-6H3. The third-order valence-electron chi connectivity index (χ3n) is 6.48. The molecule has 10 nitrogen and oxygen atoms in total. The van der Waals surface area contributed by atoms with E-state index in [0.717, 1.165) is 24.2 Å². The van der Waals surface area contributed by atoms with Gasteiger partial charge in [0.25, 0.3) is 11.8 Å². The molecule has 4 rings (SSSR count). The Morgan fingerprint density at radius 3 is 2.71 bits per heavy atom. The number of nitrogens with zero attached hydrogens (tertiary/aromatic N) is 5. The molecule has 0 amide bonds. The lowest BCUT2D eigenvalue weighted by Crippen LogP contribution is -2.31. The van der Waals surface area contributed by atoms with Crippen molar-refractivity contribution in [1.29, 1.82) is 5.26 Å². The van der Waals surface area contributed by atoms with Crippen LogP contribution in [0.3, 0.4) is 0 Å². The SMILES string of the molecule is COCCN(CCC(=O)OC(C)(C)C)Cc1ccc2c(c1)CCN2c1noc(-c2ccc(OC(C)C)c(C#N)c2)n1. The molecule has 1 aromatic heterocycles. The van der Waals surface area contributed by atoms with Gasteiger partial charge in [-0.2, -0.15) is 10.2 Å². The van der Waals surface area contributed by atoms with Gasteiger partial charge in [-0.1, -0.05) is 12.1 Å². The van der Waals surface area contributed by atoms with Crippen molar-refractivity contribution in [3.8, 4) is 23.3 Å². The number of benzene rings is 2. The van der Waals surface area contributed by atoms with Crippen molar-refractivity contribution in [3.63, 3.8) is 0 Å². The van der Waals surface area contributed by atoms with Crippen molar-refractivity contribution in [2.45, 2.75) is 65.7 Å². The summed E-state index contributed by atoms with van der Waals surface area (Å²) in [6.45, 7) is 12.8. The van der Waals surface area contributed by atoms with E-state index in [9.17, 15) is 10.1 Å². The second kappa shape index (κ2) is 13.1. The van der Waals surface area contributed by atoms with Gasteiger partial charge < -0.3 is 23.6 Å². The molecule has 2 aromatic carbocycles. The first-order chi connectivity index (χ1) is 19.6. The average Bonchev–Trinajstić information content (AvgIpc) is 3.56. The lowest BCUT2D eigenvalue weighted by Gasteiger charge is -2.24. The zero-order chi connectivity index (χ0) is 29.6. The molecule has 0 radical (unpaired) electrons. The Balaban J connectivity index is 1.45. The van der Waals surface area contributed by atoms with Gasteiger partial charge in [-0.05, 0) is 81.6 Å². The molecule has 0 aliphatic carbocycles. The number of methoxy groups -OCH3 is 1. The number of anilines is 2. The predicted octanol–water partition coefficient (Wildman–Crippen LogP) is 5.27. The molecule has 3 aromatic rings. The van der Waals surface area contributed by atoms with Gasteiger partial charge in [0.1, 0.15) is 17.4 Å². The largest absolute Gasteiger partial charge is 0.490 e. The van der Waals surface area contributed by atoms with Crippen molar-refractivity contribution in [2.75, 3.05) is 38.3 Å². The minimum Gasteiger partial charge on any atom is -0.490 e. The van der Waals surface area contributed by atoms with E-state index in [0.29, 0.717) is 61.4 Å². The Morgan fingerprint density at radius 1 is 1.20 bits per heavy atom. The van der Waals surface area contributed by atoms with E-state index in [-0.39, 0.29) is 12.1 Å². The number of ether oxygens (including phenoxy) is 3. The van der Waals surface area contributed by atoms with Gasteiger partial charge in [0.15, 0.2) is 0 Å². The zero-order valence-corrected chi connectivity index (χ0v) is 24.8. The lowest BCUT2D eigenvalue weighted by molar-refractivity contribution is -0.155. The fourth-order valence-electron chi connectivity index (χ4n) is 4.70. The van der Waals surface area contributed by atoms with E-state index in [1.807, 2.05) is 45.6 Å². The van der Waals surface area contributed by atoms with Crippen molar-refractivity contribution in [2.24, 2.45) is 0 Å². The minimum absolute atomic E-state index is 0.0376. The van der Waals surface area contributed by atoms with Gasteiger partial charge in [0.05, 0.1) is 24.7 Å². The third kappa shape index (κ3) is 8.06. The molecular formula is C31H39N5O5. The average molecular weight is 562 g/mol. The summed E-state index contributed by atoms with van der Waals surface area (Å²) in [6, 6.07) is 13.8. The van der Waals surface area contributed by atoms with Gasteiger partial charge >= 0.3 is 5.97 Å². The maximum absolute atomic E-state index is 12.3. The Bertz CT molecular complexity index is 1390. The molecule has 0 unspecified atom stereocenters. The highest BCUT2D eigenvalue weighted by Crippen LogP contribution is 2.35. The van der Waals surface area contributed by atoms with Gasteiger partial charge in [0.2, 0.25) is 0 Å². The Kier molecular flexibility index (Phi) is 9.63. The molecule has 0 fully saturated rings. The number of carbonyl (C=O) groups excluding carboxylic acids is 1. The summed E-state index contributed by atoms with van der Waals surface area (Å²) in [5.41, 5.74) is 3.99. The summed E-state index contributed by atoms with van der Waals surface area (Å²) >= 11 is 0. The van der Waals surface area contributed by atoms with Crippen molar-refractivity contribution < 1.29 is 23.5 Å². The first-order valence-corrected chi connectivity index (χ1v) is 13.9. The summed E-state index contributed by atoms with van der Waals surface area (Å²) in [7, 11) is 1.68. The van der Waals surface area contributed by atoms with E-state index in [1.165, 1.54) is 5.56 Å². The monoisotopic (exact) mass is 561 g/mol. The van der Waals surface area contributed by atoms with Crippen LogP contribution in [0.5, 0.6) is 5.75 Å². The Hall–Kier alpha value is -3.94. The van der Waals surface area contributed by atoms with Crippen LogP contribution in [0.1, 0.15) is 57.7 Å². The minimum atomic E-state index is -0.494. The summed E-state index contributed by atoms with van der Waals surface area (Å²) in [5.74, 6) is 1.15. The highest BCUT2D eigenvalue weighted by atomic mass is 16.6. The molecule has 0 spiro atoms. The molecule has 218 valence electrons. The summed E-state index contributed by atoms with van der Waals surface area (Å²) in [5, 5.41) is 13.8. The maximum atomic E-state index is 12.3. The third-order valence-corrected chi connectivity index (χ3v) is 6.48. The highest BCUT2D eigenvalue weighted by molar-refractivity contribution is 5.70. The number of carbonyl (C=O) groups is 1. The normalized spacial score (nSPS) is 13.0. The van der Waals surface area contributed by atoms with E-state index < -0.39 is 5.60 Å². The molecule has 1 aliphatic heterocycles. The number of aromatic nitrogens is 2. The first kappa shape index (κ1) is 30.0. The van der Waals surface area contributed by atoms with Crippen molar-refractivity contribution >= 4 is 17.6 Å². The second-order valence-electron chi connectivity index (χ2n) is 11.4. The van der Waals surface area contributed by atoms with Crippen LogP contribution in [-0.4, -0.2) is 66.1 Å².